The minimum Gasteiger partial charge on any atom is -0.338 e. The lowest BCUT2D eigenvalue weighted by Gasteiger charge is -2.27. The van der Waals surface area contributed by atoms with Crippen molar-refractivity contribution in [2.45, 2.75) is 53.0 Å². The summed E-state index contributed by atoms with van der Waals surface area (Å²) in [6.07, 6.45) is 3.10. The molecular formula is C16H28N4O. The number of carbonyl (C=O) groups is 1. The monoisotopic (exact) mass is 292 g/mol. The molecule has 0 aliphatic carbocycles. The smallest absolute Gasteiger partial charge is 0.317 e. The Balaban J connectivity index is 1.87. The van der Waals surface area contributed by atoms with Crippen molar-refractivity contribution < 1.29 is 4.79 Å². The molecule has 2 rings (SSSR count). The molecule has 5 heteroatoms. The lowest BCUT2D eigenvalue weighted by molar-refractivity contribution is 0.179. The Morgan fingerprint density at radius 1 is 1.43 bits per heavy atom. The van der Waals surface area contributed by atoms with Crippen molar-refractivity contribution >= 4 is 6.03 Å². The zero-order chi connectivity index (χ0) is 15.6. The normalized spacial score (nSPS) is 18.6. The van der Waals surface area contributed by atoms with E-state index in [9.17, 15) is 4.79 Å². The maximum absolute atomic E-state index is 12.3. The fourth-order valence-electron chi connectivity index (χ4n) is 3.31. The van der Waals surface area contributed by atoms with Crippen LogP contribution < -0.4 is 5.32 Å². The highest BCUT2D eigenvalue weighted by molar-refractivity contribution is 5.74. The van der Waals surface area contributed by atoms with Crippen molar-refractivity contribution in [3.8, 4) is 0 Å². The minimum absolute atomic E-state index is 0.0883. The molecule has 2 amide bonds. The van der Waals surface area contributed by atoms with E-state index in [4.69, 9.17) is 0 Å². The highest BCUT2D eigenvalue weighted by atomic mass is 16.2. The Kier molecular flexibility index (Phi) is 4.91. The van der Waals surface area contributed by atoms with Crippen LogP contribution in [0.25, 0.3) is 0 Å². The van der Waals surface area contributed by atoms with Crippen molar-refractivity contribution in [2.75, 3.05) is 13.1 Å². The summed E-state index contributed by atoms with van der Waals surface area (Å²) in [6.45, 7) is 10.1. The molecule has 1 saturated heterocycles. The lowest BCUT2D eigenvalue weighted by Crippen LogP contribution is -2.45. The second-order valence-electron chi connectivity index (χ2n) is 6.40. The molecular weight excluding hydrogens is 264 g/mol. The number of urea groups is 1. The second kappa shape index (κ2) is 6.50. The van der Waals surface area contributed by atoms with E-state index in [1.165, 1.54) is 11.3 Å². The fourth-order valence-corrected chi connectivity index (χ4v) is 3.31. The molecule has 1 aliphatic rings. The fraction of sp³-hybridized carbons (Fsp3) is 0.750. The van der Waals surface area contributed by atoms with Gasteiger partial charge in [-0.3, -0.25) is 4.68 Å². The van der Waals surface area contributed by atoms with Gasteiger partial charge in [0.15, 0.2) is 0 Å². The molecule has 21 heavy (non-hydrogen) atoms. The zero-order valence-corrected chi connectivity index (χ0v) is 13.9. The van der Waals surface area contributed by atoms with Crippen LogP contribution in [-0.4, -0.2) is 39.8 Å². The maximum Gasteiger partial charge on any atom is 0.317 e. The topological polar surface area (TPSA) is 50.2 Å². The SMILES string of the molecule is Cc1nn(C)c(C)c1CCNC(=O)N1CCC[C@H]1C(C)C. The first kappa shape index (κ1) is 15.9. The van der Waals surface area contributed by atoms with Gasteiger partial charge in [-0.1, -0.05) is 13.8 Å². The van der Waals surface area contributed by atoms with Crippen LogP contribution in [0.2, 0.25) is 0 Å². The molecule has 1 fully saturated rings. The minimum atomic E-state index is 0.0883. The third-order valence-corrected chi connectivity index (χ3v) is 4.64. The average molecular weight is 292 g/mol. The molecule has 0 unspecified atom stereocenters. The van der Waals surface area contributed by atoms with Crippen molar-refractivity contribution in [1.29, 1.82) is 0 Å². The first-order valence-electron chi connectivity index (χ1n) is 7.95. The molecule has 1 aromatic heterocycles. The van der Waals surface area contributed by atoms with Gasteiger partial charge in [-0.15, -0.1) is 0 Å². The average Bonchev–Trinajstić information content (AvgIpc) is 2.99. The van der Waals surface area contributed by atoms with E-state index in [1.54, 1.807) is 0 Å². The number of aromatic nitrogens is 2. The van der Waals surface area contributed by atoms with Gasteiger partial charge in [0.2, 0.25) is 0 Å². The lowest BCUT2D eigenvalue weighted by atomic mass is 10.0. The molecule has 1 N–H and O–H groups in total. The second-order valence-corrected chi connectivity index (χ2v) is 6.40. The van der Waals surface area contributed by atoms with Crippen molar-refractivity contribution in [3.05, 3.63) is 17.0 Å². The summed E-state index contributed by atoms with van der Waals surface area (Å²) in [5.41, 5.74) is 3.49. The van der Waals surface area contributed by atoms with Gasteiger partial charge >= 0.3 is 6.03 Å². The number of nitrogens with zero attached hydrogens (tertiary/aromatic N) is 3. The van der Waals surface area contributed by atoms with E-state index in [2.05, 4.69) is 31.2 Å². The van der Waals surface area contributed by atoms with Gasteiger partial charge in [0.1, 0.15) is 0 Å². The Labute approximate surface area is 127 Å². The molecule has 2 heterocycles. The van der Waals surface area contributed by atoms with E-state index in [-0.39, 0.29) is 6.03 Å². The third kappa shape index (κ3) is 3.39. The van der Waals surface area contributed by atoms with Gasteiger partial charge in [-0.25, -0.2) is 4.79 Å². The van der Waals surface area contributed by atoms with E-state index in [1.807, 2.05) is 23.6 Å². The van der Waals surface area contributed by atoms with Gasteiger partial charge in [-0.05, 0) is 44.6 Å². The maximum atomic E-state index is 12.3. The summed E-state index contributed by atoms with van der Waals surface area (Å²) in [5.74, 6) is 0.529. The molecule has 0 radical (unpaired) electrons. The standard InChI is InChI=1S/C16H28N4O/c1-11(2)15-7-6-10-20(15)16(21)17-9-8-14-12(3)18-19(5)13(14)4/h11,15H,6-10H2,1-5H3,(H,17,21)/t15-/m0/s1. The highest BCUT2D eigenvalue weighted by Crippen LogP contribution is 2.23. The number of hydrogen-bond acceptors (Lipinski definition) is 2. The molecule has 0 saturated carbocycles. The Morgan fingerprint density at radius 2 is 2.14 bits per heavy atom. The number of amides is 2. The van der Waals surface area contributed by atoms with Gasteiger partial charge in [0, 0.05) is 31.9 Å². The quantitative estimate of drug-likeness (QED) is 0.926. The van der Waals surface area contributed by atoms with E-state index >= 15 is 0 Å². The first-order chi connectivity index (χ1) is 9.91. The predicted molar refractivity (Wildman–Crippen MR) is 84.4 cm³/mol. The van der Waals surface area contributed by atoms with Gasteiger partial charge < -0.3 is 10.2 Å². The zero-order valence-electron chi connectivity index (χ0n) is 13.9. The van der Waals surface area contributed by atoms with Crippen molar-refractivity contribution in [2.24, 2.45) is 13.0 Å². The van der Waals surface area contributed by atoms with Crippen LogP contribution in [-0.2, 0) is 13.5 Å². The summed E-state index contributed by atoms with van der Waals surface area (Å²) >= 11 is 0. The van der Waals surface area contributed by atoms with Crippen LogP contribution in [0.4, 0.5) is 4.79 Å². The predicted octanol–water partition coefficient (Wildman–Crippen LogP) is 2.41. The molecule has 1 atom stereocenters. The summed E-state index contributed by atoms with van der Waals surface area (Å²) < 4.78 is 1.90. The number of hydrogen-bond donors (Lipinski definition) is 1. The number of likely N-dealkylation sites (tertiary alicyclic amines) is 1. The summed E-state index contributed by atoms with van der Waals surface area (Å²) in [6, 6.07) is 0.484. The van der Waals surface area contributed by atoms with Crippen LogP contribution in [0, 0.1) is 19.8 Å². The molecule has 0 spiro atoms. The molecule has 1 aliphatic heterocycles. The van der Waals surface area contributed by atoms with E-state index < -0.39 is 0 Å². The van der Waals surface area contributed by atoms with Crippen LogP contribution in [0.5, 0.6) is 0 Å². The molecule has 118 valence electrons. The highest BCUT2D eigenvalue weighted by Gasteiger charge is 2.30. The summed E-state index contributed by atoms with van der Waals surface area (Å²) in [5, 5.41) is 7.49. The van der Waals surface area contributed by atoms with E-state index in [0.717, 1.165) is 31.5 Å². The number of aryl methyl sites for hydroxylation is 2. The molecule has 0 aromatic carbocycles. The van der Waals surface area contributed by atoms with Gasteiger partial charge in [0.25, 0.3) is 0 Å². The van der Waals surface area contributed by atoms with Crippen LogP contribution >= 0.6 is 0 Å². The molecule has 5 nitrogen and oxygen atoms in total. The van der Waals surface area contributed by atoms with Crippen molar-refractivity contribution in [1.82, 2.24) is 20.0 Å². The summed E-state index contributed by atoms with van der Waals surface area (Å²) in [4.78, 5) is 14.3. The largest absolute Gasteiger partial charge is 0.338 e. The van der Waals surface area contributed by atoms with Gasteiger partial charge in [-0.2, -0.15) is 5.10 Å². The van der Waals surface area contributed by atoms with E-state index in [0.29, 0.717) is 18.5 Å². The number of rotatable bonds is 4. The van der Waals surface area contributed by atoms with Crippen LogP contribution in [0.15, 0.2) is 0 Å². The Morgan fingerprint density at radius 3 is 2.71 bits per heavy atom. The number of nitrogens with one attached hydrogen (secondary N) is 1. The number of carbonyl (C=O) groups excluding carboxylic acids is 1. The molecule has 1 aromatic rings. The molecule has 0 bridgehead atoms. The van der Waals surface area contributed by atoms with Gasteiger partial charge in [0.05, 0.1) is 5.69 Å². The van der Waals surface area contributed by atoms with Crippen LogP contribution in [0.1, 0.15) is 43.6 Å². The Bertz CT molecular complexity index is 507. The van der Waals surface area contributed by atoms with Crippen molar-refractivity contribution in [3.63, 3.8) is 0 Å². The summed E-state index contributed by atoms with van der Waals surface area (Å²) in [7, 11) is 1.96. The Hall–Kier alpha value is -1.52. The third-order valence-electron chi connectivity index (χ3n) is 4.64. The first-order valence-corrected chi connectivity index (χ1v) is 7.95. The van der Waals surface area contributed by atoms with Crippen LogP contribution in [0.3, 0.4) is 0 Å².